The number of amides is 1. The van der Waals surface area contributed by atoms with Crippen LogP contribution in [-0.4, -0.2) is 25.1 Å². The molecule has 0 aromatic heterocycles. The average Bonchev–Trinajstić information content (AvgIpc) is 3.15. The largest absolute Gasteiger partial charge is 0.497 e. The summed E-state index contributed by atoms with van der Waals surface area (Å²) < 4.78 is 10.6. The van der Waals surface area contributed by atoms with E-state index in [0.717, 1.165) is 11.1 Å². The van der Waals surface area contributed by atoms with Crippen molar-refractivity contribution in [1.29, 1.82) is 0 Å². The fraction of sp³-hybridized carbons (Fsp3) is 0.0800. The maximum atomic E-state index is 13.6. The topological polar surface area (TPSA) is 81.9 Å². The van der Waals surface area contributed by atoms with E-state index >= 15 is 0 Å². The molecule has 0 N–H and O–H groups in total. The number of halogens is 1. The Morgan fingerprint density at radius 2 is 1.67 bits per heavy atom. The van der Waals surface area contributed by atoms with E-state index < -0.39 is 4.92 Å². The molecule has 1 heterocycles. The lowest BCUT2D eigenvalue weighted by Gasteiger charge is -2.22. The van der Waals surface area contributed by atoms with Crippen molar-refractivity contribution < 1.29 is 19.2 Å². The molecule has 0 radical (unpaired) electrons. The number of ether oxygens (including phenoxy) is 2. The molecule has 166 valence electrons. The van der Waals surface area contributed by atoms with Crippen LogP contribution in [0.25, 0.3) is 11.8 Å². The Labute approximate surface area is 195 Å². The van der Waals surface area contributed by atoms with Crippen LogP contribution in [0.2, 0.25) is 5.02 Å². The van der Waals surface area contributed by atoms with E-state index in [1.807, 2.05) is 12.1 Å². The van der Waals surface area contributed by atoms with Crippen molar-refractivity contribution in [3.8, 4) is 11.5 Å². The molecule has 3 aromatic rings. The zero-order valence-corrected chi connectivity index (χ0v) is 18.6. The number of benzene rings is 3. The van der Waals surface area contributed by atoms with Crippen molar-refractivity contribution in [3.05, 3.63) is 105 Å². The number of non-ortho nitro benzene ring substituents is 1. The lowest BCUT2D eigenvalue weighted by Crippen LogP contribution is -2.25. The second kappa shape index (κ2) is 9.18. The predicted molar refractivity (Wildman–Crippen MR) is 128 cm³/mol. The molecule has 7 nitrogen and oxygen atoms in total. The van der Waals surface area contributed by atoms with Crippen molar-refractivity contribution in [3.63, 3.8) is 0 Å². The molecule has 0 bridgehead atoms. The Hall–Kier alpha value is -4.10. The molecule has 1 aliphatic rings. The number of nitro benzene ring substituents is 1. The number of nitro groups is 1. The van der Waals surface area contributed by atoms with E-state index in [2.05, 4.69) is 0 Å². The lowest BCUT2D eigenvalue weighted by atomic mass is 10.1. The summed E-state index contributed by atoms with van der Waals surface area (Å²) >= 11 is 6.05. The van der Waals surface area contributed by atoms with Crippen molar-refractivity contribution >= 4 is 40.7 Å². The van der Waals surface area contributed by atoms with E-state index in [0.29, 0.717) is 27.8 Å². The molecule has 8 heteroatoms. The highest BCUT2D eigenvalue weighted by Crippen LogP contribution is 2.41. The van der Waals surface area contributed by atoms with Crippen molar-refractivity contribution in [2.75, 3.05) is 19.1 Å². The van der Waals surface area contributed by atoms with Gasteiger partial charge < -0.3 is 9.47 Å². The molecule has 33 heavy (non-hydrogen) atoms. The first kappa shape index (κ1) is 22.1. The predicted octanol–water partition coefficient (Wildman–Crippen LogP) is 5.74. The number of hydrogen-bond acceptors (Lipinski definition) is 5. The van der Waals surface area contributed by atoms with Gasteiger partial charge in [0.25, 0.3) is 11.6 Å². The summed E-state index contributed by atoms with van der Waals surface area (Å²) in [6.07, 6.45) is 3.50. The maximum absolute atomic E-state index is 13.6. The minimum Gasteiger partial charge on any atom is -0.497 e. The van der Waals surface area contributed by atoms with Gasteiger partial charge in [-0.05, 0) is 53.6 Å². The van der Waals surface area contributed by atoms with Crippen LogP contribution in [0, 0.1) is 10.1 Å². The number of nitrogens with zero attached hydrogens (tertiary/aromatic N) is 2. The Bertz CT molecular complexity index is 1280. The van der Waals surface area contributed by atoms with E-state index in [9.17, 15) is 14.9 Å². The summed E-state index contributed by atoms with van der Waals surface area (Å²) in [6.45, 7) is 0. The quantitative estimate of drug-likeness (QED) is 0.265. The molecule has 4 rings (SSSR count). The molecule has 0 unspecified atom stereocenters. The molecule has 1 amide bonds. The van der Waals surface area contributed by atoms with Gasteiger partial charge in [-0.3, -0.25) is 19.8 Å². The van der Waals surface area contributed by atoms with Crippen molar-refractivity contribution in [2.24, 2.45) is 0 Å². The van der Waals surface area contributed by atoms with Crippen LogP contribution in [0.5, 0.6) is 11.5 Å². The van der Waals surface area contributed by atoms with Crippen LogP contribution >= 0.6 is 11.6 Å². The third kappa shape index (κ3) is 4.44. The smallest absolute Gasteiger partial charge is 0.271 e. The molecule has 0 atom stereocenters. The number of rotatable bonds is 6. The van der Waals surface area contributed by atoms with Crippen LogP contribution in [0.15, 0.2) is 78.4 Å². The van der Waals surface area contributed by atoms with Gasteiger partial charge in [0.15, 0.2) is 0 Å². The number of methoxy groups -OCH3 is 2. The van der Waals surface area contributed by atoms with Crippen molar-refractivity contribution in [1.82, 2.24) is 0 Å². The molecule has 0 saturated heterocycles. The van der Waals surface area contributed by atoms with Gasteiger partial charge in [-0.1, -0.05) is 35.9 Å². The summed E-state index contributed by atoms with van der Waals surface area (Å²) in [4.78, 5) is 25.9. The molecule has 0 saturated carbocycles. The van der Waals surface area contributed by atoms with Crippen LogP contribution in [-0.2, 0) is 4.79 Å². The average molecular weight is 463 g/mol. The summed E-state index contributed by atoms with van der Waals surface area (Å²) in [5, 5.41) is 12.0. The van der Waals surface area contributed by atoms with Gasteiger partial charge in [-0.2, -0.15) is 0 Å². The zero-order valence-electron chi connectivity index (χ0n) is 17.8. The van der Waals surface area contributed by atoms with Crippen LogP contribution in [0.3, 0.4) is 0 Å². The summed E-state index contributed by atoms with van der Waals surface area (Å²) in [5.41, 5.74) is 2.62. The normalized spacial score (nSPS) is 14.4. The molecule has 0 aliphatic carbocycles. The maximum Gasteiger partial charge on any atom is 0.271 e. The Kier molecular flexibility index (Phi) is 6.15. The second-order valence-electron chi connectivity index (χ2n) is 7.16. The Morgan fingerprint density at radius 1 is 0.970 bits per heavy atom. The number of hydrogen-bond donors (Lipinski definition) is 0. The molecular weight excluding hydrogens is 444 g/mol. The SMILES string of the molecule is COc1ccc(/C=C2/C=C(c3ccc(Cl)cc3)N(c3cc([N+](=O)[O-])ccc3OC)C2=O)cc1. The van der Waals surface area contributed by atoms with E-state index in [1.165, 1.54) is 30.2 Å². The molecule has 0 fully saturated rings. The third-order valence-corrected chi connectivity index (χ3v) is 5.43. The highest BCUT2D eigenvalue weighted by atomic mass is 35.5. The second-order valence-corrected chi connectivity index (χ2v) is 7.60. The van der Waals surface area contributed by atoms with E-state index in [-0.39, 0.29) is 17.3 Å². The standard InChI is InChI=1S/C25H19ClN2O5/c1-32-21-10-3-16(4-11-21)13-18-14-22(17-5-7-19(26)8-6-17)27(25(18)29)23-15-20(28(30)31)9-12-24(23)33-2/h3-15H,1-2H3/b18-13-. The Balaban J connectivity index is 1.86. The van der Waals surface area contributed by atoms with Gasteiger partial charge in [0.05, 0.1) is 30.5 Å². The third-order valence-electron chi connectivity index (χ3n) is 5.18. The first-order valence-corrected chi connectivity index (χ1v) is 10.3. The molecule has 1 aliphatic heterocycles. The molecule has 0 spiro atoms. The fourth-order valence-corrected chi connectivity index (χ4v) is 3.66. The number of anilines is 1. The summed E-state index contributed by atoms with van der Waals surface area (Å²) in [5.74, 6) is 0.698. The Morgan fingerprint density at radius 3 is 2.27 bits per heavy atom. The minimum atomic E-state index is -0.511. The summed E-state index contributed by atoms with van der Waals surface area (Å²) in [6, 6.07) is 18.4. The number of carbonyl (C=O) groups excluding carboxylic acids is 1. The van der Waals surface area contributed by atoms with Gasteiger partial charge in [0, 0.05) is 22.7 Å². The molecular formula is C25H19ClN2O5. The zero-order chi connectivity index (χ0) is 23.5. The first-order valence-electron chi connectivity index (χ1n) is 9.91. The van der Waals surface area contributed by atoms with Gasteiger partial charge in [-0.15, -0.1) is 0 Å². The summed E-state index contributed by atoms with van der Waals surface area (Å²) in [7, 11) is 3.03. The van der Waals surface area contributed by atoms with Gasteiger partial charge in [0.1, 0.15) is 11.5 Å². The fourth-order valence-electron chi connectivity index (χ4n) is 3.53. The van der Waals surface area contributed by atoms with Gasteiger partial charge in [0.2, 0.25) is 0 Å². The lowest BCUT2D eigenvalue weighted by molar-refractivity contribution is -0.384. The number of carbonyl (C=O) groups is 1. The van der Waals surface area contributed by atoms with Crippen LogP contribution < -0.4 is 14.4 Å². The monoisotopic (exact) mass is 462 g/mol. The minimum absolute atomic E-state index is 0.151. The van der Waals surface area contributed by atoms with Crippen molar-refractivity contribution in [2.45, 2.75) is 0 Å². The van der Waals surface area contributed by atoms with Crippen LogP contribution in [0.1, 0.15) is 11.1 Å². The highest BCUT2D eigenvalue weighted by molar-refractivity contribution is 6.30. The van der Waals surface area contributed by atoms with E-state index in [1.54, 1.807) is 55.7 Å². The van der Waals surface area contributed by atoms with Crippen LogP contribution in [0.4, 0.5) is 11.4 Å². The van der Waals surface area contributed by atoms with E-state index in [4.69, 9.17) is 21.1 Å². The molecule has 3 aromatic carbocycles. The van der Waals surface area contributed by atoms with Gasteiger partial charge >= 0.3 is 0 Å². The highest BCUT2D eigenvalue weighted by Gasteiger charge is 2.33. The van der Waals surface area contributed by atoms with Gasteiger partial charge in [-0.25, -0.2) is 0 Å². The first-order chi connectivity index (χ1) is 15.9.